The zero-order valence-electron chi connectivity index (χ0n) is 27.8. The average Bonchev–Trinajstić information content (AvgIpc) is 3.97. The molecule has 1 saturated heterocycles. The van der Waals surface area contributed by atoms with E-state index in [4.69, 9.17) is 9.47 Å². The van der Waals surface area contributed by atoms with Gasteiger partial charge in [-0.2, -0.15) is 0 Å². The Balaban J connectivity index is 0.000000171. The molecule has 0 amide bonds. The number of halogens is 1. The second-order valence-corrected chi connectivity index (χ2v) is 14.2. The van der Waals surface area contributed by atoms with Gasteiger partial charge in [0.15, 0.2) is 5.78 Å². The Hall–Kier alpha value is -4.45. The summed E-state index contributed by atoms with van der Waals surface area (Å²) in [6.45, 7) is 4.40. The number of hydrogen-bond donors (Lipinski definition) is 0. The Labute approximate surface area is 297 Å². The lowest BCUT2D eigenvalue weighted by Crippen LogP contribution is -2.39. The van der Waals surface area contributed by atoms with E-state index in [2.05, 4.69) is 69.4 Å². The smallest absolute Gasteiger partial charge is 0.167 e. The monoisotopic (exact) mass is 711 g/mol. The van der Waals surface area contributed by atoms with E-state index < -0.39 is 0 Å². The number of rotatable bonds is 10. The van der Waals surface area contributed by atoms with E-state index in [1.807, 2.05) is 84.9 Å². The largest absolute Gasteiger partial charge is 0.488 e. The second-order valence-electron chi connectivity index (χ2n) is 13.3. The van der Waals surface area contributed by atoms with Crippen LogP contribution in [0.4, 0.5) is 0 Å². The van der Waals surface area contributed by atoms with Gasteiger partial charge in [-0.15, -0.1) is 0 Å². The second kappa shape index (κ2) is 15.8. The summed E-state index contributed by atoms with van der Waals surface area (Å²) >= 11 is 3.49. The quantitative estimate of drug-likeness (QED) is 0.133. The summed E-state index contributed by atoms with van der Waals surface area (Å²) in [4.78, 5) is 15.7. The van der Waals surface area contributed by atoms with Crippen molar-refractivity contribution in [1.29, 1.82) is 0 Å². The summed E-state index contributed by atoms with van der Waals surface area (Å²) in [6, 6.07) is 44.9. The van der Waals surface area contributed by atoms with Gasteiger partial charge in [0.05, 0.1) is 0 Å². The molecule has 0 spiro atoms. The highest BCUT2D eigenvalue weighted by Crippen LogP contribution is 2.33. The highest BCUT2D eigenvalue weighted by Gasteiger charge is 2.30. The highest BCUT2D eigenvalue weighted by atomic mass is 79.9. The number of ether oxygens (including phenoxy) is 2. The van der Waals surface area contributed by atoms with Gasteiger partial charge in [-0.05, 0) is 103 Å². The van der Waals surface area contributed by atoms with E-state index in [9.17, 15) is 4.79 Å². The summed E-state index contributed by atoms with van der Waals surface area (Å²) in [5.41, 5.74) is 3.16. The van der Waals surface area contributed by atoms with Crippen LogP contribution in [0, 0.1) is 11.8 Å². The maximum atomic E-state index is 13.2. The normalized spacial score (nSPS) is 16.1. The fraction of sp³-hybridized carbons (Fsp3) is 0.250. The Morgan fingerprint density at radius 1 is 0.653 bits per heavy atom. The first kappa shape index (κ1) is 33.1. The Morgan fingerprint density at radius 3 is 1.86 bits per heavy atom. The number of ketones is 1. The molecule has 0 N–H and O–H groups in total. The van der Waals surface area contributed by atoms with Crippen LogP contribution >= 0.6 is 15.9 Å². The lowest BCUT2D eigenvalue weighted by molar-refractivity contribution is 0.0814. The molecule has 2 fully saturated rings. The molecule has 248 valence electrons. The van der Waals surface area contributed by atoms with Gasteiger partial charge in [0, 0.05) is 39.8 Å². The SMILES string of the molecule is Brc1ccc2c(OCc3ccccc3)cccc2c1.O=C(c1ccc2c(OCc3ccccc3)cccc2c1)C1CCCN(CC2CC2)C1. The number of Topliss-reactive ketones (excluding diaryl/α,β-unsaturated/α-hetero) is 1. The van der Waals surface area contributed by atoms with Gasteiger partial charge < -0.3 is 14.4 Å². The first-order valence-electron chi connectivity index (χ1n) is 17.4. The fourth-order valence-electron chi connectivity index (χ4n) is 6.69. The van der Waals surface area contributed by atoms with Gasteiger partial charge in [-0.3, -0.25) is 4.79 Å². The summed E-state index contributed by atoms with van der Waals surface area (Å²) in [5, 5.41) is 4.45. The van der Waals surface area contributed by atoms with E-state index in [0.29, 0.717) is 19.0 Å². The number of carbonyl (C=O) groups is 1. The molecule has 1 atom stereocenters. The molecule has 1 aliphatic carbocycles. The van der Waals surface area contributed by atoms with E-state index in [0.717, 1.165) is 75.1 Å². The van der Waals surface area contributed by atoms with Crippen LogP contribution in [0.15, 0.2) is 138 Å². The minimum absolute atomic E-state index is 0.132. The molecule has 4 nitrogen and oxygen atoms in total. The molecule has 6 aromatic carbocycles. The van der Waals surface area contributed by atoms with Gasteiger partial charge in [-0.25, -0.2) is 0 Å². The van der Waals surface area contributed by atoms with Crippen molar-refractivity contribution in [3.63, 3.8) is 0 Å². The molecular weight excluding hydrogens is 670 g/mol. The molecule has 5 heteroatoms. The van der Waals surface area contributed by atoms with Crippen molar-refractivity contribution in [2.24, 2.45) is 11.8 Å². The van der Waals surface area contributed by atoms with Crippen LogP contribution in [0.1, 0.15) is 47.2 Å². The summed E-state index contributed by atoms with van der Waals surface area (Å²) < 4.78 is 13.1. The minimum atomic E-state index is 0.132. The number of nitrogens with zero attached hydrogens (tertiary/aromatic N) is 1. The van der Waals surface area contributed by atoms with Crippen LogP contribution in [0.5, 0.6) is 11.5 Å². The average molecular weight is 713 g/mol. The third-order valence-corrected chi connectivity index (χ3v) is 9.98. The molecule has 1 aliphatic heterocycles. The number of carbonyl (C=O) groups excluding carboxylic acids is 1. The van der Waals surface area contributed by atoms with Gasteiger partial charge in [0.25, 0.3) is 0 Å². The molecule has 2 aliphatic rings. The van der Waals surface area contributed by atoms with Crippen LogP contribution in [0.3, 0.4) is 0 Å². The van der Waals surface area contributed by atoms with Crippen molar-refractivity contribution >= 4 is 43.3 Å². The molecule has 0 aromatic heterocycles. The molecule has 1 heterocycles. The molecule has 0 radical (unpaired) electrons. The van der Waals surface area contributed by atoms with Crippen LogP contribution < -0.4 is 9.47 Å². The maximum absolute atomic E-state index is 13.2. The molecular formula is C44H42BrNO3. The number of piperidine rings is 1. The molecule has 6 aromatic rings. The van der Waals surface area contributed by atoms with Gasteiger partial charge >= 0.3 is 0 Å². The number of hydrogen-bond acceptors (Lipinski definition) is 4. The number of likely N-dealkylation sites (tertiary alicyclic amines) is 1. The lowest BCUT2D eigenvalue weighted by atomic mass is 9.89. The minimum Gasteiger partial charge on any atom is -0.488 e. The van der Waals surface area contributed by atoms with Crippen molar-refractivity contribution in [3.8, 4) is 11.5 Å². The molecule has 1 saturated carbocycles. The Morgan fingerprint density at radius 2 is 1.24 bits per heavy atom. The predicted molar refractivity (Wildman–Crippen MR) is 203 cm³/mol. The van der Waals surface area contributed by atoms with Crippen molar-refractivity contribution < 1.29 is 14.3 Å². The number of benzene rings is 6. The van der Waals surface area contributed by atoms with Gasteiger partial charge in [0.1, 0.15) is 24.7 Å². The topological polar surface area (TPSA) is 38.8 Å². The van der Waals surface area contributed by atoms with Crippen molar-refractivity contribution in [2.75, 3.05) is 19.6 Å². The molecule has 8 rings (SSSR count). The van der Waals surface area contributed by atoms with E-state index in [1.165, 1.54) is 30.3 Å². The predicted octanol–water partition coefficient (Wildman–Crippen LogP) is 10.9. The third-order valence-electron chi connectivity index (χ3n) is 9.49. The van der Waals surface area contributed by atoms with Crippen molar-refractivity contribution in [3.05, 3.63) is 155 Å². The molecule has 1 unspecified atom stereocenters. The van der Waals surface area contributed by atoms with Crippen molar-refractivity contribution in [1.82, 2.24) is 4.90 Å². The molecule has 0 bridgehead atoms. The molecule has 49 heavy (non-hydrogen) atoms. The van der Waals surface area contributed by atoms with Crippen LogP contribution in [-0.4, -0.2) is 30.3 Å². The van der Waals surface area contributed by atoms with Crippen molar-refractivity contribution in [2.45, 2.75) is 38.9 Å². The first-order valence-corrected chi connectivity index (χ1v) is 18.2. The zero-order valence-corrected chi connectivity index (χ0v) is 29.4. The lowest BCUT2D eigenvalue weighted by Gasteiger charge is -2.32. The zero-order chi connectivity index (χ0) is 33.4. The Kier molecular flexibility index (Phi) is 10.7. The standard InChI is InChI=1S/C27H29NO2.C17H13BrO/c29-27(24-9-5-15-28(18-24)17-20-11-12-20)23-13-14-25-22(16-23)8-4-10-26(25)30-19-21-6-2-1-3-7-21;18-15-9-10-16-14(11-15)7-4-8-17(16)19-12-13-5-2-1-3-6-13/h1-4,6-8,10,13-14,16,20,24H,5,9,11-12,15,17-19H2;1-11H,12H2. The summed E-state index contributed by atoms with van der Waals surface area (Å²) in [5.74, 6) is 3.10. The van der Waals surface area contributed by atoms with Gasteiger partial charge in [0.2, 0.25) is 0 Å². The van der Waals surface area contributed by atoms with Crippen LogP contribution in [0.2, 0.25) is 0 Å². The maximum Gasteiger partial charge on any atom is 0.167 e. The highest BCUT2D eigenvalue weighted by molar-refractivity contribution is 9.10. The first-order chi connectivity index (χ1) is 24.1. The van der Waals surface area contributed by atoms with E-state index in [1.54, 1.807) is 0 Å². The summed E-state index contributed by atoms with van der Waals surface area (Å²) in [7, 11) is 0. The Bertz CT molecular complexity index is 2010. The van der Waals surface area contributed by atoms with Crippen LogP contribution in [-0.2, 0) is 13.2 Å². The third kappa shape index (κ3) is 8.78. The van der Waals surface area contributed by atoms with Crippen LogP contribution in [0.25, 0.3) is 21.5 Å². The van der Waals surface area contributed by atoms with Gasteiger partial charge in [-0.1, -0.05) is 107 Å². The summed E-state index contributed by atoms with van der Waals surface area (Å²) in [6.07, 6.45) is 4.88. The van der Waals surface area contributed by atoms with E-state index in [-0.39, 0.29) is 5.92 Å². The van der Waals surface area contributed by atoms with E-state index >= 15 is 0 Å². The number of fused-ring (bicyclic) bond motifs is 2. The fourth-order valence-corrected chi connectivity index (χ4v) is 7.07.